The summed E-state index contributed by atoms with van der Waals surface area (Å²) in [5.74, 6) is -6.56. The van der Waals surface area contributed by atoms with Crippen molar-refractivity contribution in [3.05, 3.63) is 102 Å². The van der Waals surface area contributed by atoms with Gasteiger partial charge >= 0.3 is 18.1 Å². The van der Waals surface area contributed by atoms with E-state index < -0.39 is 59.9 Å². The molecule has 0 spiro atoms. The summed E-state index contributed by atoms with van der Waals surface area (Å²) in [6.07, 6.45) is -2.33. The van der Waals surface area contributed by atoms with E-state index in [-0.39, 0.29) is 13.0 Å². The number of ether oxygens (including phenoxy) is 3. The molecule has 2 atom stereocenters. The monoisotopic (exact) mass is 667 g/mol. The molecule has 3 aromatic carbocycles. The third-order valence-electron chi connectivity index (χ3n) is 6.89. The van der Waals surface area contributed by atoms with E-state index in [1.165, 1.54) is 0 Å². The fraction of sp³-hybridized carbons (Fsp3) is 0.389. The minimum absolute atomic E-state index is 0.0534. The largest absolute Gasteiger partial charge is 0.489 e. The second kappa shape index (κ2) is 17.2. The number of amides is 3. The Morgan fingerprint density at radius 2 is 1.29 bits per heavy atom. The van der Waals surface area contributed by atoms with Gasteiger partial charge in [0.2, 0.25) is 11.7 Å². The molecule has 0 aliphatic rings. The van der Waals surface area contributed by atoms with Crippen LogP contribution in [-0.4, -0.2) is 54.0 Å². The summed E-state index contributed by atoms with van der Waals surface area (Å²) in [5, 5.41) is 6.80. The zero-order valence-electron chi connectivity index (χ0n) is 27.8. The Morgan fingerprint density at radius 1 is 0.729 bits per heavy atom. The highest BCUT2D eigenvalue weighted by atomic mass is 19.3. The summed E-state index contributed by atoms with van der Waals surface area (Å²) in [5.41, 5.74) is 1.18. The van der Waals surface area contributed by atoms with Crippen molar-refractivity contribution in [1.82, 2.24) is 16.0 Å². The van der Waals surface area contributed by atoms with Gasteiger partial charge in [0.15, 0.2) is 0 Å². The first-order chi connectivity index (χ1) is 22.6. The van der Waals surface area contributed by atoms with Crippen molar-refractivity contribution in [3.63, 3.8) is 0 Å². The van der Waals surface area contributed by atoms with E-state index in [9.17, 15) is 19.2 Å². The third kappa shape index (κ3) is 12.7. The SMILES string of the molecule is CC(C)[C@H](NC(=O)OCc1ccccc1)C(=O)N[C@@H](Cc1ccc(OCc2ccccc2)cc1)C(=O)C(F)(F)CNC(=O)OC(C)(C)C. The van der Waals surface area contributed by atoms with Crippen LogP contribution < -0.4 is 20.7 Å². The number of ketones is 1. The molecule has 0 saturated heterocycles. The number of hydrogen-bond donors (Lipinski definition) is 3. The number of carbonyl (C=O) groups is 4. The lowest BCUT2D eigenvalue weighted by Crippen LogP contribution is -2.58. The molecule has 0 aromatic heterocycles. The van der Waals surface area contributed by atoms with E-state index in [2.05, 4.69) is 10.6 Å². The number of benzene rings is 3. The zero-order valence-corrected chi connectivity index (χ0v) is 27.8. The lowest BCUT2D eigenvalue weighted by Gasteiger charge is -2.27. The summed E-state index contributed by atoms with van der Waals surface area (Å²) >= 11 is 0. The molecule has 258 valence electrons. The van der Waals surface area contributed by atoms with E-state index in [1.807, 2.05) is 41.7 Å². The maximum absolute atomic E-state index is 15.3. The van der Waals surface area contributed by atoms with Gasteiger partial charge in [-0.1, -0.05) is 86.6 Å². The molecule has 0 bridgehead atoms. The van der Waals surface area contributed by atoms with Crippen molar-refractivity contribution in [2.45, 2.75) is 77.9 Å². The van der Waals surface area contributed by atoms with Gasteiger partial charge in [0.25, 0.3) is 0 Å². The minimum Gasteiger partial charge on any atom is -0.489 e. The molecule has 0 aliphatic heterocycles. The summed E-state index contributed by atoms with van der Waals surface area (Å²) in [6, 6.07) is 21.9. The quantitative estimate of drug-likeness (QED) is 0.182. The Bertz CT molecular complexity index is 1500. The Morgan fingerprint density at radius 3 is 1.83 bits per heavy atom. The van der Waals surface area contributed by atoms with Crippen molar-refractivity contribution >= 4 is 23.9 Å². The van der Waals surface area contributed by atoms with Gasteiger partial charge in [-0.2, -0.15) is 8.78 Å². The number of carbonyl (C=O) groups excluding carboxylic acids is 4. The number of rotatable bonds is 15. The number of nitrogens with one attached hydrogen (secondary N) is 3. The summed E-state index contributed by atoms with van der Waals surface area (Å²) in [7, 11) is 0. The third-order valence-corrected chi connectivity index (χ3v) is 6.89. The van der Waals surface area contributed by atoms with Crippen LogP contribution in [0, 0.1) is 5.92 Å². The smallest absolute Gasteiger partial charge is 0.408 e. The average molecular weight is 668 g/mol. The average Bonchev–Trinajstić information content (AvgIpc) is 3.04. The van der Waals surface area contributed by atoms with Crippen molar-refractivity contribution in [2.75, 3.05) is 6.54 Å². The van der Waals surface area contributed by atoms with Crippen LogP contribution in [0.4, 0.5) is 18.4 Å². The van der Waals surface area contributed by atoms with Crippen molar-refractivity contribution < 1.29 is 42.2 Å². The first-order valence-corrected chi connectivity index (χ1v) is 15.5. The molecule has 0 saturated carbocycles. The molecular weight excluding hydrogens is 624 g/mol. The first-order valence-electron chi connectivity index (χ1n) is 15.5. The Labute approximate surface area is 279 Å². The van der Waals surface area contributed by atoms with Crippen LogP contribution in [0.2, 0.25) is 0 Å². The van der Waals surface area contributed by atoms with E-state index in [0.29, 0.717) is 17.9 Å². The molecule has 3 amide bonds. The van der Waals surface area contributed by atoms with Crippen LogP contribution in [0.25, 0.3) is 0 Å². The molecule has 3 N–H and O–H groups in total. The van der Waals surface area contributed by atoms with Gasteiger partial charge in [-0.05, 0) is 61.9 Å². The number of hydrogen-bond acceptors (Lipinski definition) is 7. The van der Waals surface area contributed by atoms with E-state index in [0.717, 1.165) is 11.1 Å². The van der Waals surface area contributed by atoms with E-state index in [4.69, 9.17) is 14.2 Å². The highest BCUT2D eigenvalue weighted by molar-refractivity contribution is 5.96. The normalized spacial score (nSPS) is 12.8. The van der Waals surface area contributed by atoms with Gasteiger partial charge in [-0.3, -0.25) is 9.59 Å². The highest BCUT2D eigenvalue weighted by Crippen LogP contribution is 2.21. The molecule has 0 fully saturated rings. The van der Waals surface area contributed by atoms with Gasteiger partial charge < -0.3 is 30.2 Å². The Kier molecular flexibility index (Phi) is 13.5. The van der Waals surface area contributed by atoms with Gasteiger partial charge in [-0.15, -0.1) is 0 Å². The summed E-state index contributed by atoms with van der Waals surface area (Å²) < 4.78 is 46.6. The highest BCUT2D eigenvalue weighted by Gasteiger charge is 2.44. The molecular formula is C36H43F2N3O7. The lowest BCUT2D eigenvalue weighted by atomic mass is 9.96. The maximum Gasteiger partial charge on any atom is 0.408 e. The molecule has 0 unspecified atom stereocenters. The number of alkyl carbamates (subject to hydrolysis) is 2. The van der Waals surface area contributed by atoms with Crippen LogP contribution in [-0.2, 0) is 38.7 Å². The van der Waals surface area contributed by atoms with E-state index >= 15 is 8.78 Å². The molecule has 48 heavy (non-hydrogen) atoms. The molecule has 0 radical (unpaired) electrons. The fourth-order valence-electron chi connectivity index (χ4n) is 4.44. The van der Waals surface area contributed by atoms with Crippen molar-refractivity contribution in [3.8, 4) is 5.75 Å². The Balaban J connectivity index is 1.75. The standard InChI is InChI=1S/C36H43F2N3O7/c1-24(2)30(41-34(45)47-22-27-14-10-7-11-15-27)32(43)40-29(31(42)36(37,38)23-39-33(44)48-35(3,4)5)20-25-16-18-28(19-17-25)46-21-26-12-8-6-9-13-26/h6-19,24,29-30H,20-23H2,1-5H3,(H,39,44)(H,40,43)(H,41,45)/t29-,30-/m0/s1. The predicted molar refractivity (Wildman–Crippen MR) is 175 cm³/mol. The molecule has 3 rings (SSSR count). The van der Waals surface area contributed by atoms with Gasteiger partial charge in [0.05, 0.1) is 12.6 Å². The predicted octanol–water partition coefficient (Wildman–Crippen LogP) is 5.97. The van der Waals surface area contributed by atoms with Crippen molar-refractivity contribution in [2.24, 2.45) is 5.92 Å². The molecule has 12 heteroatoms. The number of alkyl halides is 2. The second-order valence-corrected chi connectivity index (χ2v) is 12.5. The molecule has 3 aromatic rings. The first kappa shape index (κ1) is 37.5. The van der Waals surface area contributed by atoms with Crippen LogP contribution in [0.5, 0.6) is 5.75 Å². The maximum atomic E-state index is 15.3. The second-order valence-electron chi connectivity index (χ2n) is 12.5. The molecule has 0 heterocycles. The summed E-state index contributed by atoms with van der Waals surface area (Å²) in [4.78, 5) is 51.4. The molecule has 10 nitrogen and oxygen atoms in total. The Hall–Kier alpha value is -5.00. The van der Waals surface area contributed by atoms with Crippen LogP contribution in [0.15, 0.2) is 84.9 Å². The molecule has 0 aliphatic carbocycles. The number of Topliss-reactive ketones (excluding diaryl/α,β-unsaturated/α-hetero) is 1. The van der Waals surface area contributed by atoms with Crippen molar-refractivity contribution in [1.29, 1.82) is 0 Å². The van der Waals surface area contributed by atoms with Gasteiger partial charge in [0.1, 0.15) is 30.6 Å². The van der Waals surface area contributed by atoms with Crippen LogP contribution >= 0.6 is 0 Å². The fourth-order valence-corrected chi connectivity index (χ4v) is 4.44. The minimum atomic E-state index is -4.08. The van der Waals surface area contributed by atoms with Gasteiger partial charge in [-0.25, -0.2) is 9.59 Å². The van der Waals surface area contributed by atoms with Crippen LogP contribution in [0.3, 0.4) is 0 Å². The summed E-state index contributed by atoms with van der Waals surface area (Å²) in [6.45, 7) is 6.89. The number of halogens is 2. The topological polar surface area (TPSA) is 132 Å². The zero-order chi connectivity index (χ0) is 35.3. The lowest BCUT2D eigenvalue weighted by molar-refractivity contribution is -0.146. The van der Waals surface area contributed by atoms with Crippen LogP contribution in [0.1, 0.15) is 51.3 Å². The van der Waals surface area contributed by atoms with E-state index in [1.54, 1.807) is 83.1 Å². The van der Waals surface area contributed by atoms with Gasteiger partial charge in [0, 0.05) is 0 Å².